The van der Waals surface area contributed by atoms with Crippen LogP contribution in [-0.2, 0) is 10.0 Å². The van der Waals surface area contributed by atoms with Crippen LogP contribution in [0.1, 0.15) is 12.8 Å². The van der Waals surface area contributed by atoms with E-state index in [4.69, 9.17) is 5.73 Å². The summed E-state index contributed by atoms with van der Waals surface area (Å²) in [6.07, 6.45) is 3.02. The second-order valence-corrected chi connectivity index (χ2v) is 5.59. The predicted molar refractivity (Wildman–Crippen MR) is 75.5 cm³/mol. The van der Waals surface area contributed by atoms with Gasteiger partial charge in [-0.25, -0.2) is 8.42 Å². The second-order valence-electron chi connectivity index (χ2n) is 3.66. The number of aliphatic imine (C=N–C) groups is 1. The normalized spacial score (nSPS) is 22.9. The van der Waals surface area contributed by atoms with Crippen molar-refractivity contribution in [3.63, 3.8) is 0 Å². The molecule has 0 saturated carbocycles. The summed E-state index contributed by atoms with van der Waals surface area (Å²) in [7, 11) is -1.51. The van der Waals surface area contributed by atoms with Crippen LogP contribution in [0.3, 0.4) is 0 Å². The van der Waals surface area contributed by atoms with Gasteiger partial charge in [0.05, 0.1) is 6.26 Å². The van der Waals surface area contributed by atoms with Crippen molar-refractivity contribution in [2.45, 2.75) is 18.9 Å². The summed E-state index contributed by atoms with van der Waals surface area (Å²) in [6.45, 7) is 1.13. The molecule has 0 aromatic heterocycles. The van der Waals surface area contributed by atoms with Gasteiger partial charge in [0.1, 0.15) is 0 Å². The lowest BCUT2D eigenvalue weighted by atomic mass is 10.2. The Labute approximate surface area is 114 Å². The molecule has 0 aromatic rings. The first-order valence-corrected chi connectivity index (χ1v) is 6.73. The van der Waals surface area contributed by atoms with Crippen LogP contribution in [0.15, 0.2) is 4.99 Å². The molecule has 0 aromatic carbocycles. The van der Waals surface area contributed by atoms with E-state index in [1.54, 1.807) is 7.05 Å². The maximum atomic E-state index is 11.4. The van der Waals surface area contributed by atoms with E-state index in [0.717, 1.165) is 12.8 Å². The zero-order valence-corrected chi connectivity index (χ0v) is 12.7. The molecule has 1 saturated heterocycles. The number of nitrogens with two attached hydrogens (primary N) is 1. The first-order valence-electron chi connectivity index (χ1n) is 4.88. The van der Waals surface area contributed by atoms with Crippen molar-refractivity contribution >= 4 is 40.0 Å². The molecule has 1 fully saturated rings. The lowest BCUT2D eigenvalue weighted by Gasteiger charge is -2.22. The summed E-state index contributed by atoms with van der Waals surface area (Å²) in [5, 5.41) is 2.90. The third-order valence-electron chi connectivity index (χ3n) is 2.51. The van der Waals surface area contributed by atoms with Crippen molar-refractivity contribution in [2.24, 2.45) is 10.7 Å². The minimum Gasteiger partial charge on any atom is -0.370 e. The smallest absolute Gasteiger partial charge is 0.211 e. The molecule has 8 heteroatoms. The molecule has 1 aliphatic rings. The van der Waals surface area contributed by atoms with Crippen molar-refractivity contribution < 1.29 is 8.42 Å². The number of hydrogen-bond donors (Lipinski definition) is 2. The molecule has 1 rings (SSSR count). The van der Waals surface area contributed by atoms with Gasteiger partial charge in [-0.1, -0.05) is 0 Å². The van der Waals surface area contributed by atoms with Crippen molar-refractivity contribution in [3.05, 3.63) is 0 Å². The van der Waals surface area contributed by atoms with E-state index in [-0.39, 0.29) is 30.0 Å². The Hall–Kier alpha value is -0.0900. The van der Waals surface area contributed by atoms with Gasteiger partial charge in [-0.2, -0.15) is 4.31 Å². The molecule has 1 aliphatic heterocycles. The molecular formula is C8H19IN4O2S. The van der Waals surface area contributed by atoms with E-state index in [9.17, 15) is 8.42 Å². The highest BCUT2D eigenvalue weighted by Crippen LogP contribution is 2.19. The standard InChI is InChI=1S/C8H18N4O2S.HI/c1-10-8(9)11-6-7-4-3-5-12(7)15(2,13)14;/h7H,3-6H2,1-2H3,(H3,9,10,11);1H/t7-;/m1./s1. The molecule has 0 aliphatic carbocycles. The predicted octanol–water partition coefficient (Wildman–Crippen LogP) is -0.437. The highest BCUT2D eigenvalue weighted by Gasteiger charge is 2.30. The van der Waals surface area contributed by atoms with Crippen LogP contribution < -0.4 is 11.1 Å². The number of guanidine groups is 1. The van der Waals surface area contributed by atoms with E-state index in [1.165, 1.54) is 10.6 Å². The van der Waals surface area contributed by atoms with Crippen LogP contribution in [0.25, 0.3) is 0 Å². The molecule has 0 spiro atoms. The third-order valence-corrected chi connectivity index (χ3v) is 3.84. The van der Waals surface area contributed by atoms with Gasteiger partial charge in [0.15, 0.2) is 5.96 Å². The van der Waals surface area contributed by atoms with Crippen LogP contribution in [0.2, 0.25) is 0 Å². The van der Waals surface area contributed by atoms with Gasteiger partial charge in [0.2, 0.25) is 10.0 Å². The summed E-state index contributed by atoms with van der Waals surface area (Å²) in [6, 6.07) is 0.000278. The summed E-state index contributed by atoms with van der Waals surface area (Å²) < 4.78 is 24.3. The minimum atomic E-state index is -3.09. The largest absolute Gasteiger partial charge is 0.370 e. The van der Waals surface area contributed by atoms with Crippen LogP contribution in [-0.4, -0.2) is 51.1 Å². The van der Waals surface area contributed by atoms with Crippen molar-refractivity contribution in [1.82, 2.24) is 9.62 Å². The summed E-state index contributed by atoms with van der Waals surface area (Å²) in [5.74, 6) is 0.343. The van der Waals surface area contributed by atoms with E-state index < -0.39 is 10.0 Å². The summed E-state index contributed by atoms with van der Waals surface area (Å²) in [4.78, 5) is 3.75. The Morgan fingerprint density at radius 2 is 2.25 bits per heavy atom. The van der Waals surface area contributed by atoms with Crippen LogP contribution in [0, 0.1) is 0 Å². The van der Waals surface area contributed by atoms with Crippen LogP contribution in [0.5, 0.6) is 0 Å². The summed E-state index contributed by atoms with van der Waals surface area (Å²) in [5.41, 5.74) is 5.48. The van der Waals surface area contributed by atoms with E-state index in [0.29, 0.717) is 19.0 Å². The zero-order valence-electron chi connectivity index (χ0n) is 9.51. The minimum absolute atomic E-state index is 0. The van der Waals surface area contributed by atoms with Gasteiger partial charge in [0.25, 0.3) is 0 Å². The van der Waals surface area contributed by atoms with Gasteiger partial charge >= 0.3 is 0 Å². The lowest BCUT2D eigenvalue weighted by molar-refractivity contribution is 0.388. The Kier molecular flexibility index (Phi) is 6.56. The highest BCUT2D eigenvalue weighted by molar-refractivity contribution is 14.0. The van der Waals surface area contributed by atoms with Gasteiger partial charge in [-0.05, 0) is 12.8 Å². The molecule has 0 radical (unpaired) electrons. The molecule has 0 amide bonds. The van der Waals surface area contributed by atoms with E-state index >= 15 is 0 Å². The molecule has 1 atom stereocenters. The number of rotatable bonds is 3. The Balaban J connectivity index is 0.00000225. The maximum Gasteiger partial charge on any atom is 0.211 e. The molecule has 0 unspecified atom stereocenters. The fourth-order valence-corrected chi connectivity index (χ4v) is 2.93. The zero-order chi connectivity index (χ0) is 11.5. The first kappa shape index (κ1) is 15.9. The molecular weight excluding hydrogens is 343 g/mol. The number of sulfonamides is 1. The Bertz CT molecular complexity index is 344. The van der Waals surface area contributed by atoms with Crippen LogP contribution >= 0.6 is 24.0 Å². The average molecular weight is 362 g/mol. The molecule has 3 N–H and O–H groups in total. The van der Waals surface area contributed by atoms with Gasteiger partial charge in [0, 0.05) is 26.2 Å². The number of nitrogens with zero attached hydrogens (tertiary/aromatic N) is 2. The number of hydrogen-bond acceptors (Lipinski definition) is 3. The monoisotopic (exact) mass is 362 g/mol. The van der Waals surface area contributed by atoms with E-state index in [1.807, 2.05) is 0 Å². The molecule has 1 heterocycles. The second kappa shape index (κ2) is 6.60. The maximum absolute atomic E-state index is 11.4. The van der Waals surface area contributed by atoms with Gasteiger partial charge in [-0.3, -0.25) is 4.99 Å². The molecule has 6 nitrogen and oxygen atoms in total. The highest BCUT2D eigenvalue weighted by atomic mass is 127. The SMILES string of the molecule is CN=C(N)NC[C@H]1CCCN1S(C)(=O)=O.I. The Morgan fingerprint density at radius 1 is 1.62 bits per heavy atom. The van der Waals surface area contributed by atoms with Crippen molar-refractivity contribution in [2.75, 3.05) is 26.4 Å². The molecule has 0 bridgehead atoms. The fraction of sp³-hybridized carbons (Fsp3) is 0.875. The van der Waals surface area contributed by atoms with Gasteiger partial charge < -0.3 is 11.1 Å². The quantitative estimate of drug-likeness (QED) is 0.405. The first-order chi connectivity index (χ1) is 6.95. The molecule has 16 heavy (non-hydrogen) atoms. The summed E-state index contributed by atoms with van der Waals surface area (Å²) >= 11 is 0. The number of halogens is 1. The molecule has 96 valence electrons. The topological polar surface area (TPSA) is 87.8 Å². The fourth-order valence-electron chi connectivity index (χ4n) is 1.75. The Morgan fingerprint density at radius 3 is 2.75 bits per heavy atom. The number of nitrogens with one attached hydrogen (secondary N) is 1. The van der Waals surface area contributed by atoms with Gasteiger partial charge in [-0.15, -0.1) is 24.0 Å². The van der Waals surface area contributed by atoms with Crippen LogP contribution in [0.4, 0.5) is 0 Å². The average Bonchev–Trinajstić information content (AvgIpc) is 2.61. The van der Waals surface area contributed by atoms with Crippen molar-refractivity contribution in [1.29, 1.82) is 0 Å². The third kappa shape index (κ3) is 4.42. The lowest BCUT2D eigenvalue weighted by Crippen LogP contribution is -2.44. The van der Waals surface area contributed by atoms with Crippen molar-refractivity contribution in [3.8, 4) is 0 Å². The van der Waals surface area contributed by atoms with E-state index in [2.05, 4.69) is 10.3 Å².